The van der Waals surface area contributed by atoms with Crippen molar-refractivity contribution in [3.63, 3.8) is 0 Å². The fourth-order valence-electron chi connectivity index (χ4n) is 2.23. The molecule has 1 aliphatic rings. The third-order valence-corrected chi connectivity index (χ3v) is 3.61. The molecule has 2 atom stereocenters. The molecule has 1 fully saturated rings. The zero-order valence-electron chi connectivity index (χ0n) is 10.1. The van der Waals surface area contributed by atoms with E-state index in [2.05, 4.69) is 5.32 Å². The van der Waals surface area contributed by atoms with Crippen molar-refractivity contribution in [3.05, 3.63) is 34.3 Å². The van der Waals surface area contributed by atoms with Gasteiger partial charge in [0.15, 0.2) is 0 Å². The van der Waals surface area contributed by atoms with Gasteiger partial charge in [0.25, 0.3) is 0 Å². The maximum Gasteiger partial charge on any atom is 0.307 e. The fourth-order valence-corrected chi connectivity index (χ4v) is 2.47. The smallest absolute Gasteiger partial charge is 0.307 e. The van der Waals surface area contributed by atoms with Gasteiger partial charge in [-0.1, -0.05) is 23.7 Å². The van der Waals surface area contributed by atoms with E-state index in [0.29, 0.717) is 24.6 Å². The summed E-state index contributed by atoms with van der Waals surface area (Å²) in [5, 5.41) is 12.8. The topological polar surface area (TPSA) is 58.6 Å². The lowest BCUT2D eigenvalue weighted by atomic mass is 9.99. The molecule has 2 rings (SSSR count). The number of aliphatic carboxylic acids is 1. The van der Waals surface area contributed by atoms with Gasteiger partial charge in [-0.3, -0.25) is 4.79 Å². The monoisotopic (exact) mass is 269 g/mol. The normalized spacial score (nSPS) is 23.2. The van der Waals surface area contributed by atoms with Crippen molar-refractivity contribution >= 4 is 17.6 Å². The maximum atomic E-state index is 10.9. The van der Waals surface area contributed by atoms with Crippen LogP contribution < -0.4 is 5.32 Å². The molecule has 0 saturated carbocycles. The summed E-state index contributed by atoms with van der Waals surface area (Å²) in [5.74, 6) is -1.06. The number of methoxy groups -OCH3 is 1. The van der Waals surface area contributed by atoms with Crippen molar-refractivity contribution < 1.29 is 14.6 Å². The molecule has 0 amide bonds. The largest absolute Gasteiger partial charge is 0.481 e. The minimum Gasteiger partial charge on any atom is -0.481 e. The zero-order chi connectivity index (χ0) is 13.1. The maximum absolute atomic E-state index is 10.9. The van der Waals surface area contributed by atoms with Crippen molar-refractivity contribution in [2.24, 2.45) is 5.92 Å². The molecule has 18 heavy (non-hydrogen) atoms. The second kappa shape index (κ2) is 5.69. The number of carbonyl (C=O) groups is 1. The summed E-state index contributed by atoms with van der Waals surface area (Å²) in [6.07, 6.45) is 0.606. The third-order valence-electron chi connectivity index (χ3n) is 3.26. The van der Waals surface area contributed by atoms with E-state index in [0.717, 1.165) is 11.1 Å². The molecule has 0 aliphatic carbocycles. The minimum atomic E-state index is -0.743. The van der Waals surface area contributed by atoms with E-state index in [-0.39, 0.29) is 12.0 Å². The molecule has 5 heteroatoms. The van der Waals surface area contributed by atoms with Crippen molar-refractivity contribution in [3.8, 4) is 0 Å². The van der Waals surface area contributed by atoms with E-state index in [1.807, 2.05) is 18.2 Å². The van der Waals surface area contributed by atoms with Crippen LogP contribution in [0.15, 0.2) is 18.2 Å². The molecule has 2 unspecified atom stereocenters. The van der Waals surface area contributed by atoms with Gasteiger partial charge in [0.2, 0.25) is 0 Å². The summed E-state index contributed by atoms with van der Waals surface area (Å²) in [5.41, 5.74) is 1.97. The van der Waals surface area contributed by atoms with Gasteiger partial charge < -0.3 is 15.2 Å². The Morgan fingerprint density at radius 2 is 2.39 bits per heavy atom. The van der Waals surface area contributed by atoms with Crippen LogP contribution in [0.4, 0.5) is 0 Å². The number of carboxylic acid groups (broad SMARTS) is 1. The number of hydrogen-bond donors (Lipinski definition) is 2. The fraction of sp³-hybridized carbons (Fsp3) is 0.462. The number of ether oxygens (including phenoxy) is 1. The highest BCUT2D eigenvalue weighted by Gasteiger charge is 2.30. The quantitative estimate of drug-likeness (QED) is 0.880. The van der Waals surface area contributed by atoms with Gasteiger partial charge in [-0.2, -0.15) is 0 Å². The van der Waals surface area contributed by atoms with Crippen molar-refractivity contribution in [1.82, 2.24) is 5.32 Å². The third kappa shape index (κ3) is 2.83. The van der Waals surface area contributed by atoms with Gasteiger partial charge in [-0.25, -0.2) is 0 Å². The highest BCUT2D eigenvalue weighted by molar-refractivity contribution is 6.31. The molecule has 4 nitrogen and oxygen atoms in total. The predicted octanol–water partition coefficient (Wildman–Crippen LogP) is 2.22. The Hall–Kier alpha value is -1.10. The second-order valence-corrected chi connectivity index (χ2v) is 4.92. The average Bonchev–Trinajstić information content (AvgIpc) is 2.81. The van der Waals surface area contributed by atoms with Crippen LogP contribution in [0.25, 0.3) is 0 Å². The van der Waals surface area contributed by atoms with Gasteiger partial charge >= 0.3 is 5.97 Å². The van der Waals surface area contributed by atoms with Gasteiger partial charge in [-0.15, -0.1) is 0 Å². The zero-order valence-corrected chi connectivity index (χ0v) is 10.9. The number of rotatable bonds is 4. The van der Waals surface area contributed by atoms with Crippen molar-refractivity contribution in [2.45, 2.75) is 19.1 Å². The summed E-state index contributed by atoms with van der Waals surface area (Å²) in [4.78, 5) is 10.9. The SMILES string of the molecule is COCc1ccc(C2CC(C(=O)O)CN2)cc1Cl. The number of halogens is 1. The molecule has 0 aromatic heterocycles. The van der Waals surface area contributed by atoms with Gasteiger partial charge in [0.05, 0.1) is 12.5 Å². The van der Waals surface area contributed by atoms with E-state index in [1.54, 1.807) is 7.11 Å². The lowest BCUT2D eigenvalue weighted by Crippen LogP contribution is -2.17. The van der Waals surface area contributed by atoms with Crippen molar-refractivity contribution in [1.29, 1.82) is 0 Å². The molecule has 1 heterocycles. The summed E-state index contributed by atoms with van der Waals surface area (Å²) in [7, 11) is 1.63. The molecule has 0 radical (unpaired) electrons. The van der Waals surface area contributed by atoms with Crippen LogP contribution in [0.1, 0.15) is 23.6 Å². The first-order valence-corrected chi connectivity index (χ1v) is 6.23. The Balaban J connectivity index is 2.11. The summed E-state index contributed by atoms with van der Waals surface area (Å²) >= 11 is 6.16. The van der Waals surface area contributed by atoms with Crippen LogP contribution in [0, 0.1) is 5.92 Å². The molecule has 2 N–H and O–H groups in total. The highest BCUT2D eigenvalue weighted by atomic mass is 35.5. The molecule has 1 aromatic rings. The van der Waals surface area contributed by atoms with Crippen LogP contribution in [-0.2, 0) is 16.1 Å². The average molecular weight is 270 g/mol. The van der Waals surface area contributed by atoms with Gasteiger partial charge in [0.1, 0.15) is 0 Å². The number of benzene rings is 1. The molecule has 1 saturated heterocycles. The minimum absolute atomic E-state index is 0.0696. The Morgan fingerprint density at radius 1 is 1.61 bits per heavy atom. The van der Waals surface area contributed by atoms with Crippen LogP contribution >= 0.6 is 11.6 Å². The lowest BCUT2D eigenvalue weighted by Gasteiger charge is -2.12. The Bertz CT molecular complexity index is 450. The standard InChI is InChI=1S/C13H16ClNO3/c1-18-7-9-3-2-8(4-11(9)14)12-5-10(6-15-12)13(16)17/h2-4,10,12,15H,5-7H2,1H3,(H,16,17). The predicted molar refractivity (Wildman–Crippen MR) is 68.7 cm³/mol. The molecule has 0 bridgehead atoms. The number of carboxylic acids is 1. The highest BCUT2D eigenvalue weighted by Crippen LogP contribution is 2.30. The molecule has 1 aromatic carbocycles. The summed E-state index contributed by atoms with van der Waals surface area (Å²) in [6.45, 7) is 0.992. The van der Waals surface area contributed by atoms with E-state index < -0.39 is 5.97 Å². The van der Waals surface area contributed by atoms with E-state index in [9.17, 15) is 4.79 Å². The van der Waals surface area contributed by atoms with Crippen LogP contribution in [0.5, 0.6) is 0 Å². The summed E-state index contributed by atoms with van der Waals surface area (Å²) < 4.78 is 5.04. The Morgan fingerprint density at radius 3 is 2.94 bits per heavy atom. The first kappa shape index (κ1) is 13.3. The first-order valence-electron chi connectivity index (χ1n) is 5.85. The van der Waals surface area contributed by atoms with E-state index >= 15 is 0 Å². The molecular weight excluding hydrogens is 254 g/mol. The van der Waals surface area contributed by atoms with E-state index in [1.165, 1.54) is 0 Å². The second-order valence-electron chi connectivity index (χ2n) is 4.52. The van der Waals surface area contributed by atoms with Crippen LogP contribution in [0.2, 0.25) is 5.02 Å². The summed E-state index contributed by atoms with van der Waals surface area (Å²) in [6, 6.07) is 5.86. The molecule has 0 spiro atoms. The van der Waals surface area contributed by atoms with Crippen LogP contribution in [0.3, 0.4) is 0 Å². The molecular formula is C13H16ClNO3. The van der Waals surface area contributed by atoms with Crippen molar-refractivity contribution in [2.75, 3.05) is 13.7 Å². The number of hydrogen-bond acceptors (Lipinski definition) is 3. The first-order chi connectivity index (χ1) is 8.61. The van der Waals surface area contributed by atoms with Gasteiger partial charge in [0, 0.05) is 24.7 Å². The molecule has 98 valence electrons. The number of nitrogens with one attached hydrogen (secondary N) is 1. The van der Waals surface area contributed by atoms with Crippen LogP contribution in [-0.4, -0.2) is 24.7 Å². The lowest BCUT2D eigenvalue weighted by molar-refractivity contribution is -0.141. The Kier molecular flexibility index (Phi) is 4.22. The van der Waals surface area contributed by atoms with E-state index in [4.69, 9.17) is 21.4 Å². The van der Waals surface area contributed by atoms with Gasteiger partial charge in [-0.05, 0) is 23.6 Å². The Labute approximate surface area is 111 Å². The molecule has 1 aliphatic heterocycles.